The zero-order valence-corrected chi connectivity index (χ0v) is 10.9. The van der Waals surface area contributed by atoms with Crippen LogP contribution in [0.15, 0.2) is 36.5 Å². The van der Waals surface area contributed by atoms with Crippen molar-refractivity contribution in [3.05, 3.63) is 42.2 Å². The van der Waals surface area contributed by atoms with Crippen molar-refractivity contribution in [2.75, 3.05) is 6.61 Å². The fourth-order valence-corrected chi connectivity index (χ4v) is 2.58. The maximum Gasteiger partial charge on any atom is 0.0839 e. The van der Waals surface area contributed by atoms with Gasteiger partial charge >= 0.3 is 0 Å². The highest BCUT2D eigenvalue weighted by Crippen LogP contribution is 2.30. The van der Waals surface area contributed by atoms with Crippen molar-refractivity contribution in [3.63, 3.8) is 0 Å². The highest BCUT2D eigenvalue weighted by molar-refractivity contribution is 5.32. The van der Waals surface area contributed by atoms with Gasteiger partial charge in [-0.05, 0) is 24.5 Å². The summed E-state index contributed by atoms with van der Waals surface area (Å²) in [6.45, 7) is 2.96. The Hall–Kier alpha value is -1.72. The van der Waals surface area contributed by atoms with E-state index < -0.39 is 0 Å². The lowest BCUT2D eigenvalue weighted by atomic mass is 9.96. The van der Waals surface area contributed by atoms with E-state index in [-0.39, 0.29) is 12.1 Å². The van der Waals surface area contributed by atoms with E-state index in [4.69, 9.17) is 10.5 Å². The van der Waals surface area contributed by atoms with Crippen LogP contribution in [0.25, 0.3) is 5.69 Å². The summed E-state index contributed by atoms with van der Waals surface area (Å²) in [7, 11) is 0. The molecule has 19 heavy (non-hydrogen) atoms. The van der Waals surface area contributed by atoms with Crippen LogP contribution in [0.4, 0.5) is 0 Å². The maximum absolute atomic E-state index is 6.35. The van der Waals surface area contributed by atoms with Gasteiger partial charge in [-0.25, -0.2) is 4.68 Å². The van der Waals surface area contributed by atoms with Gasteiger partial charge in [-0.1, -0.05) is 30.3 Å². The number of nitrogens with two attached hydrogens (primary N) is 1. The van der Waals surface area contributed by atoms with E-state index in [2.05, 4.69) is 17.2 Å². The molecule has 1 aliphatic heterocycles. The second-order valence-corrected chi connectivity index (χ2v) is 5.03. The van der Waals surface area contributed by atoms with Gasteiger partial charge in [-0.2, -0.15) is 0 Å². The molecule has 1 fully saturated rings. The minimum absolute atomic E-state index is 0.0426. The summed E-state index contributed by atoms with van der Waals surface area (Å²) in [4.78, 5) is 0. The minimum Gasteiger partial charge on any atom is -0.376 e. The predicted molar refractivity (Wildman–Crippen MR) is 71.8 cm³/mol. The van der Waals surface area contributed by atoms with Crippen LogP contribution in [0.5, 0.6) is 0 Å². The van der Waals surface area contributed by atoms with Crippen molar-refractivity contribution < 1.29 is 4.74 Å². The van der Waals surface area contributed by atoms with Gasteiger partial charge in [0.15, 0.2) is 0 Å². The Morgan fingerprint density at radius 2 is 2.16 bits per heavy atom. The third kappa shape index (κ3) is 2.27. The third-order valence-corrected chi connectivity index (χ3v) is 3.72. The molecule has 3 unspecified atom stereocenters. The number of ether oxygens (including phenoxy) is 1. The highest BCUT2D eigenvalue weighted by atomic mass is 16.5. The molecular weight excluding hydrogens is 240 g/mol. The Morgan fingerprint density at radius 3 is 2.84 bits per heavy atom. The molecule has 2 aromatic rings. The van der Waals surface area contributed by atoms with E-state index >= 15 is 0 Å². The summed E-state index contributed by atoms with van der Waals surface area (Å²) in [5.41, 5.74) is 8.21. The highest BCUT2D eigenvalue weighted by Gasteiger charge is 2.32. The average Bonchev–Trinajstić information content (AvgIpc) is 3.07. The molecule has 0 amide bonds. The van der Waals surface area contributed by atoms with Gasteiger partial charge < -0.3 is 10.5 Å². The van der Waals surface area contributed by atoms with Gasteiger partial charge in [0.2, 0.25) is 0 Å². The molecule has 3 rings (SSSR count). The van der Waals surface area contributed by atoms with Crippen LogP contribution in [-0.4, -0.2) is 27.7 Å². The van der Waals surface area contributed by atoms with E-state index in [1.54, 1.807) is 10.9 Å². The number of benzene rings is 1. The molecule has 3 atom stereocenters. The molecule has 0 aliphatic carbocycles. The molecule has 5 nitrogen and oxygen atoms in total. The van der Waals surface area contributed by atoms with E-state index in [1.807, 2.05) is 30.3 Å². The number of aromatic nitrogens is 3. The largest absolute Gasteiger partial charge is 0.376 e. The molecule has 0 spiro atoms. The summed E-state index contributed by atoms with van der Waals surface area (Å²) in [5.74, 6) is 0.467. The standard InChI is InChI=1S/C14H18N4O/c1-10-7-8-19-14(10)13(15)12-9-16-17-18(12)11-5-3-2-4-6-11/h2-6,9-10,13-14H,7-8,15H2,1H3. The molecule has 1 saturated heterocycles. The van der Waals surface area contributed by atoms with Crippen LogP contribution in [0, 0.1) is 5.92 Å². The van der Waals surface area contributed by atoms with Crippen LogP contribution in [-0.2, 0) is 4.74 Å². The van der Waals surface area contributed by atoms with Crippen molar-refractivity contribution in [1.82, 2.24) is 15.0 Å². The van der Waals surface area contributed by atoms with Gasteiger partial charge in [0.05, 0.1) is 29.7 Å². The first-order valence-electron chi connectivity index (χ1n) is 6.60. The Bertz CT molecular complexity index is 539. The summed E-state index contributed by atoms with van der Waals surface area (Å²) in [6, 6.07) is 9.70. The number of hydrogen-bond donors (Lipinski definition) is 1. The third-order valence-electron chi connectivity index (χ3n) is 3.72. The second-order valence-electron chi connectivity index (χ2n) is 5.03. The fraction of sp³-hybridized carbons (Fsp3) is 0.429. The summed E-state index contributed by atoms with van der Waals surface area (Å²) in [6.07, 6.45) is 2.83. The van der Waals surface area contributed by atoms with E-state index in [0.29, 0.717) is 5.92 Å². The van der Waals surface area contributed by atoms with E-state index in [1.165, 1.54) is 0 Å². The minimum atomic E-state index is -0.201. The quantitative estimate of drug-likeness (QED) is 0.909. The van der Waals surface area contributed by atoms with E-state index in [9.17, 15) is 0 Å². The molecule has 5 heteroatoms. The molecule has 100 valence electrons. The lowest BCUT2D eigenvalue weighted by Crippen LogP contribution is -2.31. The zero-order valence-electron chi connectivity index (χ0n) is 10.9. The second kappa shape index (κ2) is 5.11. The van der Waals surface area contributed by atoms with Gasteiger partial charge in [0.25, 0.3) is 0 Å². The Kier molecular flexibility index (Phi) is 3.31. The Labute approximate surface area is 112 Å². The molecule has 0 radical (unpaired) electrons. The van der Waals surface area contributed by atoms with Crippen molar-refractivity contribution in [2.24, 2.45) is 11.7 Å². The Morgan fingerprint density at radius 1 is 1.37 bits per heavy atom. The topological polar surface area (TPSA) is 66.0 Å². The SMILES string of the molecule is CC1CCOC1C(N)c1cnnn1-c1ccccc1. The molecule has 1 aromatic carbocycles. The van der Waals surface area contributed by atoms with Crippen molar-refractivity contribution >= 4 is 0 Å². The predicted octanol–water partition coefficient (Wildman–Crippen LogP) is 1.69. The van der Waals surface area contributed by atoms with Crippen molar-refractivity contribution in [3.8, 4) is 5.69 Å². The first-order valence-corrected chi connectivity index (χ1v) is 6.60. The molecular formula is C14H18N4O. The summed E-state index contributed by atoms with van der Waals surface area (Å²) in [5, 5.41) is 8.13. The maximum atomic E-state index is 6.35. The van der Waals surface area contributed by atoms with Crippen LogP contribution in [0.3, 0.4) is 0 Å². The first-order chi connectivity index (χ1) is 9.27. The van der Waals surface area contributed by atoms with Crippen LogP contribution < -0.4 is 5.73 Å². The van der Waals surface area contributed by atoms with E-state index in [0.717, 1.165) is 24.4 Å². The molecule has 1 aromatic heterocycles. The molecule has 2 heterocycles. The van der Waals surface area contributed by atoms with Gasteiger partial charge in [0.1, 0.15) is 0 Å². The number of nitrogens with zero attached hydrogens (tertiary/aromatic N) is 3. The fourth-order valence-electron chi connectivity index (χ4n) is 2.58. The molecule has 1 aliphatic rings. The lowest BCUT2D eigenvalue weighted by molar-refractivity contribution is 0.0707. The normalized spacial score (nSPS) is 24.5. The summed E-state index contributed by atoms with van der Waals surface area (Å²) < 4.78 is 7.54. The molecule has 2 N–H and O–H groups in total. The summed E-state index contributed by atoms with van der Waals surface area (Å²) >= 11 is 0. The number of para-hydroxylation sites is 1. The average molecular weight is 258 g/mol. The Balaban J connectivity index is 1.92. The van der Waals surface area contributed by atoms with Gasteiger partial charge in [-0.15, -0.1) is 5.10 Å². The lowest BCUT2D eigenvalue weighted by Gasteiger charge is -2.22. The van der Waals surface area contributed by atoms with Crippen LogP contribution >= 0.6 is 0 Å². The zero-order chi connectivity index (χ0) is 13.2. The monoisotopic (exact) mass is 258 g/mol. The molecule has 0 bridgehead atoms. The van der Waals surface area contributed by atoms with Crippen molar-refractivity contribution in [1.29, 1.82) is 0 Å². The number of rotatable bonds is 3. The smallest absolute Gasteiger partial charge is 0.0839 e. The van der Waals surface area contributed by atoms with Crippen molar-refractivity contribution in [2.45, 2.75) is 25.5 Å². The first kappa shape index (κ1) is 12.3. The number of hydrogen-bond acceptors (Lipinski definition) is 4. The van der Waals surface area contributed by atoms with Crippen LogP contribution in [0.1, 0.15) is 25.1 Å². The molecule has 0 saturated carbocycles. The van der Waals surface area contributed by atoms with Crippen LogP contribution in [0.2, 0.25) is 0 Å². The van der Waals surface area contributed by atoms with Gasteiger partial charge in [-0.3, -0.25) is 0 Å². The van der Waals surface area contributed by atoms with Gasteiger partial charge in [0, 0.05) is 6.61 Å².